The molecule has 1 atom stereocenters. The van der Waals surface area contributed by atoms with E-state index < -0.39 is 4.92 Å². The predicted octanol–water partition coefficient (Wildman–Crippen LogP) is 1.60. The number of hydrogen-bond acceptors (Lipinski definition) is 6. The lowest BCUT2D eigenvalue weighted by Crippen LogP contribution is -2.60. The van der Waals surface area contributed by atoms with E-state index in [0.29, 0.717) is 63.8 Å². The number of nitro benzene ring substituents is 1. The molecule has 3 fully saturated rings. The van der Waals surface area contributed by atoms with Gasteiger partial charge in [-0.25, -0.2) is 0 Å². The molecule has 1 aromatic rings. The second kappa shape index (κ2) is 10.5. The van der Waals surface area contributed by atoms with Gasteiger partial charge in [-0.05, 0) is 30.9 Å². The molecule has 10 nitrogen and oxygen atoms in total. The van der Waals surface area contributed by atoms with Crippen LogP contribution in [-0.4, -0.2) is 101 Å². The van der Waals surface area contributed by atoms with Gasteiger partial charge in [0.05, 0.1) is 11.0 Å². The number of rotatable bonds is 5. The third kappa shape index (κ3) is 5.22. The molecule has 4 rings (SSSR count). The average Bonchev–Trinajstić information content (AvgIpc) is 3.38. The topological polar surface area (TPSA) is 107 Å². The summed E-state index contributed by atoms with van der Waals surface area (Å²) in [5.41, 5.74) is 0.397. The van der Waals surface area contributed by atoms with Crippen molar-refractivity contribution in [1.82, 2.24) is 19.6 Å². The van der Waals surface area contributed by atoms with E-state index >= 15 is 0 Å². The molecule has 0 N–H and O–H groups in total. The number of nitrogens with zero attached hydrogens (tertiary/aromatic N) is 5. The van der Waals surface area contributed by atoms with Crippen LogP contribution in [0.5, 0.6) is 0 Å². The number of benzene rings is 1. The van der Waals surface area contributed by atoms with Crippen molar-refractivity contribution in [3.05, 3.63) is 39.9 Å². The highest BCUT2D eigenvalue weighted by molar-refractivity contribution is 5.94. The largest absolute Gasteiger partial charge is 0.339 e. The Hall–Kier alpha value is -3.01. The summed E-state index contributed by atoms with van der Waals surface area (Å²) in [7, 11) is 0. The van der Waals surface area contributed by atoms with E-state index in [1.807, 2.05) is 4.90 Å². The van der Waals surface area contributed by atoms with Gasteiger partial charge in [0.2, 0.25) is 11.8 Å². The maximum atomic E-state index is 13.6. The Kier molecular flexibility index (Phi) is 7.45. The molecule has 3 amide bonds. The van der Waals surface area contributed by atoms with Crippen LogP contribution in [0.2, 0.25) is 0 Å². The predicted molar refractivity (Wildman–Crippen MR) is 125 cm³/mol. The van der Waals surface area contributed by atoms with Gasteiger partial charge in [0.15, 0.2) is 0 Å². The monoisotopic (exact) mass is 471 g/mol. The molecule has 2 aliphatic heterocycles. The van der Waals surface area contributed by atoms with Gasteiger partial charge in [0, 0.05) is 77.0 Å². The van der Waals surface area contributed by atoms with Crippen molar-refractivity contribution in [3.8, 4) is 0 Å². The van der Waals surface area contributed by atoms with Crippen molar-refractivity contribution in [2.45, 2.75) is 38.6 Å². The van der Waals surface area contributed by atoms with Crippen molar-refractivity contribution in [3.63, 3.8) is 0 Å². The van der Waals surface area contributed by atoms with Crippen LogP contribution in [0.1, 0.15) is 43.0 Å². The fourth-order valence-corrected chi connectivity index (χ4v) is 5.47. The average molecular weight is 472 g/mol. The Balaban J connectivity index is 1.39. The zero-order chi connectivity index (χ0) is 24.2. The van der Waals surface area contributed by atoms with Crippen molar-refractivity contribution in [2.75, 3.05) is 52.4 Å². The van der Waals surface area contributed by atoms with E-state index in [4.69, 9.17) is 0 Å². The summed E-state index contributed by atoms with van der Waals surface area (Å²) in [4.78, 5) is 56.3. The minimum Gasteiger partial charge on any atom is -0.339 e. The Morgan fingerprint density at radius 1 is 0.853 bits per heavy atom. The Morgan fingerprint density at radius 3 is 1.91 bits per heavy atom. The second-order valence-electron chi connectivity index (χ2n) is 9.45. The van der Waals surface area contributed by atoms with E-state index in [1.165, 1.54) is 24.3 Å². The zero-order valence-electron chi connectivity index (χ0n) is 19.7. The normalized spacial score (nSPS) is 20.9. The first-order valence-corrected chi connectivity index (χ1v) is 12.2. The Bertz CT molecular complexity index is 914. The van der Waals surface area contributed by atoms with Crippen LogP contribution in [0, 0.1) is 16.0 Å². The van der Waals surface area contributed by atoms with Gasteiger partial charge in [-0.3, -0.25) is 29.4 Å². The molecular formula is C24H33N5O5. The van der Waals surface area contributed by atoms with Crippen LogP contribution in [-0.2, 0) is 9.59 Å². The zero-order valence-corrected chi connectivity index (χ0v) is 19.7. The van der Waals surface area contributed by atoms with Gasteiger partial charge in [-0.15, -0.1) is 0 Å². The molecule has 0 bridgehead atoms. The summed E-state index contributed by atoms with van der Waals surface area (Å²) >= 11 is 0. The molecule has 2 heterocycles. The first kappa shape index (κ1) is 24.1. The summed E-state index contributed by atoms with van der Waals surface area (Å²) < 4.78 is 0. The van der Waals surface area contributed by atoms with Gasteiger partial charge in [0.1, 0.15) is 0 Å². The number of piperazine rings is 2. The first-order valence-electron chi connectivity index (χ1n) is 12.2. The van der Waals surface area contributed by atoms with Crippen molar-refractivity contribution < 1.29 is 19.3 Å². The maximum Gasteiger partial charge on any atom is 0.269 e. The Morgan fingerprint density at radius 2 is 1.38 bits per heavy atom. The molecule has 0 aromatic heterocycles. The second-order valence-corrected chi connectivity index (χ2v) is 9.45. The highest BCUT2D eigenvalue weighted by atomic mass is 16.6. The van der Waals surface area contributed by atoms with Crippen LogP contribution in [0.25, 0.3) is 0 Å². The van der Waals surface area contributed by atoms with Crippen molar-refractivity contribution in [2.24, 2.45) is 5.92 Å². The molecule has 1 aromatic carbocycles. The highest BCUT2D eigenvalue weighted by Gasteiger charge is 2.40. The lowest BCUT2D eigenvalue weighted by Gasteiger charge is -2.44. The van der Waals surface area contributed by atoms with Crippen LogP contribution >= 0.6 is 0 Å². The molecule has 0 spiro atoms. The fourth-order valence-electron chi connectivity index (χ4n) is 5.47. The molecule has 2 saturated heterocycles. The first-order chi connectivity index (χ1) is 16.3. The van der Waals surface area contributed by atoms with E-state index in [2.05, 4.69) is 4.90 Å². The lowest BCUT2D eigenvalue weighted by molar-refractivity contribution is -0.384. The van der Waals surface area contributed by atoms with E-state index in [1.54, 1.807) is 16.7 Å². The lowest BCUT2D eigenvalue weighted by atomic mass is 9.94. The van der Waals surface area contributed by atoms with Crippen LogP contribution in [0.15, 0.2) is 24.3 Å². The number of hydrogen-bond donors (Lipinski definition) is 0. The fraction of sp³-hybridized carbons (Fsp3) is 0.625. The molecule has 3 aliphatic rings. The van der Waals surface area contributed by atoms with Crippen LogP contribution in [0.3, 0.4) is 0 Å². The molecule has 0 radical (unpaired) electrons. The summed E-state index contributed by atoms with van der Waals surface area (Å²) in [5, 5.41) is 10.9. The molecule has 1 aliphatic carbocycles. The highest BCUT2D eigenvalue weighted by Crippen LogP contribution is 2.32. The molecule has 10 heteroatoms. The number of amides is 3. The Labute approximate surface area is 199 Å². The van der Waals surface area contributed by atoms with Gasteiger partial charge in [0.25, 0.3) is 11.6 Å². The summed E-state index contributed by atoms with van der Waals surface area (Å²) in [6, 6.07) is 5.52. The maximum absolute atomic E-state index is 13.6. The molecule has 184 valence electrons. The summed E-state index contributed by atoms with van der Waals surface area (Å²) in [6.45, 7) is 6.15. The number of non-ortho nitro benzene ring substituents is 1. The van der Waals surface area contributed by atoms with Crippen molar-refractivity contribution >= 4 is 23.4 Å². The van der Waals surface area contributed by atoms with E-state index in [0.717, 1.165) is 25.7 Å². The number of carbonyl (C=O) groups excluding carboxylic acids is 3. The van der Waals surface area contributed by atoms with Gasteiger partial charge in [-0.1, -0.05) is 12.8 Å². The molecule has 1 saturated carbocycles. The van der Waals surface area contributed by atoms with Gasteiger partial charge < -0.3 is 14.7 Å². The van der Waals surface area contributed by atoms with E-state index in [-0.39, 0.29) is 29.5 Å². The number of nitro groups is 1. The van der Waals surface area contributed by atoms with Crippen LogP contribution in [0.4, 0.5) is 5.69 Å². The summed E-state index contributed by atoms with van der Waals surface area (Å²) in [5.74, 6) is 0.396. The molecular weight excluding hydrogens is 438 g/mol. The minimum atomic E-state index is -0.479. The molecule has 34 heavy (non-hydrogen) atoms. The van der Waals surface area contributed by atoms with Crippen molar-refractivity contribution in [1.29, 1.82) is 0 Å². The third-order valence-corrected chi connectivity index (χ3v) is 7.46. The summed E-state index contributed by atoms with van der Waals surface area (Å²) in [6.07, 6.45) is 4.38. The molecule has 0 unspecified atom stereocenters. The van der Waals surface area contributed by atoms with Crippen LogP contribution < -0.4 is 0 Å². The SMILES string of the molecule is CC(=O)N1CCN(C(=O)[C@@H](C2CCCC2)N2CCN(C(=O)c3ccc([N+](=O)[O-])cc3)CC2)CC1. The number of carbonyl (C=O) groups is 3. The minimum absolute atomic E-state index is 0.0385. The van der Waals surface area contributed by atoms with E-state index in [9.17, 15) is 24.5 Å². The standard InChI is InChI=1S/C24H33N5O5/c1-18(30)25-10-14-28(15-11-25)24(32)22(19-4-2-3-5-19)26-12-16-27(17-13-26)23(31)20-6-8-21(9-7-20)29(33)34/h6-9,19,22H,2-5,10-17H2,1H3/t22-/m1/s1. The van der Waals surface area contributed by atoms with Gasteiger partial charge in [-0.2, -0.15) is 0 Å². The van der Waals surface area contributed by atoms with Gasteiger partial charge >= 0.3 is 0 Å². The quantitative estimate of drug-likeness (QED) is 0.477. The smallest absolute Gasteiger partial charge is 0.269 e. The third-order valence-electron chi connectivity index (χ3n) is 7.46.